The standard InChI is InChI=1S/C15H19N3OS/c1-2-4-13(5-3-1)6-7-15-11-18(8-9-19-15)10-14-12-20-17-16-14/h1-5,12,15H,6-11H2/t15-/m1/s1. The van der Waals surface area contributed by atoms with Gasteiger partial charge in [-0.15, -0.1) is 5.10 Å². The Kier molecular flexibility index (Phi) is 4.73. The summed E-state index contributed by atoms with van der Waals surface area (Å²) in [6.07, 6.45) is 2.49. The van der Waals surface area contributed by atoms with Crippen LogP contribution in [-0.4, -0.2) is 40.3 Å². The van der Waals surface area contributed by atoms with Gasteiger partial charge in [-0.1, -0.05) is 34.8 Å². The largest absolute Gasteiger partial charge is 0.376 e. The van der Waals surface area contributed by atoms with Gasteiger partial charge in [0.25, 0.3) is 0 Å². The molecule has 3 rings (SSSR count). The predicted molar refractivity (Wildman–Crippen MR) is 79.7 cm³/mol. The molecule has 1 aromatic heterocycles. The Morgan fingerprint density at radius 2 is 2.20 bits per heavy atom. The molecule has 1 atom stereocenters. The average molecular weight is 289 g/mol. The number of hydrogen-bond acceptors (Lipinski definition) is 5. The van der Waals surface area contributed by atoms with Gasteiger partial charge in [-0.25, -0.2) is 0 Å². The summed E-state index contributed by atoms with van der Waals surface area (Å²) < 4.78 is 9.79. The summed E-state index contributed by atoms with van der Waals surface area (Å²) in [7, 11) is 0. The minimum atomic E-state index is 0.329. The molecule has 0 unspecified atom stereocenters. The van der Waals surface area contributed by atoms with Crippen molar-refractivity contribution in [3.8, 4) is 0 Å². The third-order valence-corrected chi connectivity index (χ3v) is 4.16. The van der Waals surface area contributed by atoms with Gasteiger partial charge in [-0.3, -0.25) is 4.90 Å². The van der Waals surface area contributed by atoms with E-state index in [1.165, 1.54) is 17.1 Å². The van der Waals surface area contributed by atoms with Gasteiger partial charge in [-0.05, 0) is 29.9 Å². The van der Waals surface area contributed by atoms with Crippen LogP contribution < -0.4 is 0 Å². The van der Waals surface area contributed by atoms with E-state index < -0.39 is 0 Å². The van der Waals surface area contributed by atoms with Crippen molar-refractivity contribution in [2.45, 2.75) is 25.5 Å². The van der Waals surface area contributed by atoms with Crippen molar-refractivity contribution in [3.63, 3.8) is 0 Å². The van der Waals surface area contributed by atoms with Crippen molar-refractivity contribution < 1.29 is 4.74 Å². The van der Waals surface area contributed by atoms with E-state index in [1.54, 1.807) is 0 Å². The quantitative estimate of drug-likeness (QED) is 0.847. The van der Waals surface area contributed by atoms with Gasteiger partial charge in [0.15, 0.2) is 0 Å². The van der Waals surface area contributed by atoms with Crippen LogP contribution in [0, 0.1) is 0 Å². The zero-order valence-corrected chi connectivity index (χ0v) is 12.3. The summed E-state index contributed by atoms with van der Waals surface area (Å²) >= 11 is 1.42. The fourth-order valence-electron chi connectivity index (χ4n) is 2.55. The van der Waals surface area contributed by atoms with E-state index in [-0.39, 0.29) is 0 Å². The van der Waals surface area contributed by atoms with Gasteiger partial charge < -0.3 is 4.74 Å². The molecule has 2 heterocycles. The molecule has 0 spiro atoms. The van der Waals surface area contributed by atoms with Crippen molar-refractivity contribution in [3.05, 3.63) is 47.0 Å². The minimum absolute atomic E-state index is 0.329. The molecule has 0 aliphatic carbocycles. The molecule has 0 N–H and O–H groups in total. The molecule has 1 aromatic carbocycles. The molecule has 0 radical (unpaired) electrons. The molecule has 106 valence electrons. The molecule has 1 aliphatic heterocycles. The fraction of sp³-hybridized carbons (Fsp3) is 0.467. The first-order valence-corrected chi connectivity index (χ1v) is 7.87. The average Bonchev–Trinajstić information content (AvgIpc) is 3.00. The van der Waals surface area contributed by atoms with Crippen molar-refractivity contribution in [1.82, 2.24) is 14.5 Å². The number of ether oxygens (including phenoxy) is 1. The Morgan fingerprint density at radius 1 is 1.30 bits per heavy atom. The predicted octanol–water partition coefficient (Wildman–Crippen LogP) is 2.37. The molecule has 0 amide bonds. The normalized spacial score (nSPS) is 20.1. The van der Waals surface area contributed by atoms with Gasteiger partial charge >= 0.3 is 0 Å². The lowest BCUT2D eigenvalue weighted by molar-refractivity contribution is -0.0349. The Labute approximate surface area is 123 Å². The number of aryl methyl sites for hydroxylation is 1. The number of benzene rings is 1. The van der Waals surface area contributed by atoms with Crippen LogP contribution in [0.5, 0.6) is 0 Å². The van der Waals surface area contributed by atoms with Crippen LogP contribution in [0.4, 0.5) is 0 Å². The topological polar surface area (TPSA) is 38.2 Å². The van der Waals surface area contributed by atoms with Crippen molar-refractivity contribution in [2.24, 2.45) is 0 Å². The Bertz CT molecular complexity index is 503. The lowest BCUT2D eigenvalue weighted by Gasteiger charge is -2.32. The molecule has 0 bridgehead atoms. The van der Waals surface area contributed by atoms with Gasteiger partial charge in [0, 0.05) is 25.0 Å². The van der Waals surface area contributed by atoms with E-state index in [4.69, 9.17) is 4.74 Å². The van der Waals surface area contributed by atoms with Crippen LogP contribution in [0.3, 0.4) is 0 Å². The summed E-state index contributed by atoms with van der Waals surface area (Å²) in [5, 5.41) is 6.14. The molecule has 20 heavy (non-hydrogen) atoms. The second kappa shape index (κ2) is 6.92. The molecule has 2 aromatic rings. The van der Waals surface area contributed by atoms with Crippen LogP contribution in [0.1, 0.15) is 17.7 Å². The van der Waals surface area contributed by atoms with E-state index in [2.05, 4.69) is 44.8 Å². The SMILES string of the molecule is c1ccc(CC[C@@H]2CN(Cc3csnn3)CCO2)cc1. The van der Waals surface area contributed by atoms with Crippen LogP contribution in [0.25, 0.3) is 0 Å². The maximum Gasteiger partial charge on any atom is 0.0895 e. The lowest BCUT2D eigenvalue weighted by atomic mass is 10.1. The molecule has 0 saturated carbocycles. The summed E-state index contributed by atoms with van der Waals surface area (Å²) in [4.78, 5) is 2.41. The highest BCUT2D eigenvalue weighted by molar-refractivity contribution is 7.03. The van der Waals surface area contributed by atoms with E-state index in [0.717, 1.165) is 44.8 Å². The number of nitrogens with zero attached hydrogens (tertiary/aromatic N) is 3. The monoisotopic (exact) mass is 289 g/mol. The summed E-state index contributed by atoms with van der Waals surface area (Å²) in [6.45, 7) is 3.68. The third kappa shape index (κ3) is 3.85. The lowest BCUT2D eigenvalue weighted by Crippen LogP contribution is -2.42. The van der Waals surface area contributed by atoms with Gasteiger partial charge in [0.1, 0.15) is 0 Å². The van der Waals surface area contributed by atoms with Crippen LogP contribution in [0.15, 0.2) is 35.7 Å². The van der Waals surface area contributed by atoms with Gasteiger partial charge in [0.05, 0.1) is 18.4 Å². The number of hydrogen-bond donors (Lipinski definition) is 0. The molecular weight excluding hydrogens is 270 g/mol. The number of rotatable bonds is 5. The van der Waals surface area contributed by atoms with Crippen molar-refractivity contribution in [2.75, 3.05) is 19.7 Å². The maximum atomic E-state index is 5.87. The highest BCUT2D eigenvalue weighted by Gasteiger charge is 2.20. The molecule has 1 aliphatic rings. The third-order valence-electron chi connectivity index (χ3n) is 3.61. The van der Waals surface area contributed by atoms with E-state index in [0.29, 0.717) is 6.10 Å². The molecule has 1 fully saturated rings. The maximum absolute atomic E-state index is 5.87. The zero-order valence-electron chi connectivity index (χ0n) is 11.4. The molecule has 1 saturated heterocycles. The summed E-state index contributed by atoms with van der Waals surface area (Å²) in [5.74, 6) is 0. The van der Waals surface area contributed by atoms with E-state index >= 15 is 0 Å². The molecule has 4 nitrogen and oxygen atoms in total. The Balaban J connectivity index is 1.48. The fourth-order valence-corrected chi connectivity index (χ4v) is 3.00. The zero-order chi connectivity index (χ0) is 13.6. The van der Waals surface area contributed by atoms with Crippen LogP contribution >= 0.6 is 11.5 Å². The van der Waals surface area contributed by atoms with Crippen molar-refractivity contribution >= 4 is 11.5 Å². The number of morpholine rings is 1. The molecule has 5 heteroatoms. The smallest absolute Gasteiger partial charge is 0.0895 e. The van der Waals surface area contributed by atoms with Gasteiger partial charge in [-0.2, -0.15) is 0 Å². The first-order valence-electron chi connectivity index (χ1n) is 7.04. The van der Waals surface area contributed by atoms with Gasteiger partial charge in [0.2, 0.25) is 0 Å². The van der Waals surface area contributed by atoms with Crippen molar-refractivity contribution in [1.29, 1.82) is 0 Å². The Hall–Kier alpha value is -1.30. The van der Waals surface area contributed by atoms with E-state index in [1.807, 2.05) is 5.38 Å². The minimum Gasteiger partial charge on any atom is -0.376 e. The number of aromatic nitrogens is 2. The van der Waals surface area contributed by atoms with Crippen LogP contribution in [0.2, 0.25) is 0 Å². The van der Waals surface area contributed by atoms with E-state index in [9.17, 15) is 0 Å². The first-order chi connectivity index (χ1) is 9.90. The highest BCUT2D eigenvalue weighted by Crippen LogP contribution is 2.14. The second-order valence-corrected chi connectivity index (χ2v) is 5.76. The highest BCUT2D eigenvalue weighted by atomic mass is 32.1. The second-order valence-electron chi connectivity index (χ2n) is 5.15. The first kappa shape index (κ1) is 13.7. The van der Waals surface area contributed by atoms with Crippen LogP contribution in [-0.2, 0) is 17.7 Å². The molecular formula is C15H19N3OS. The summed E-state index contributed by atoms with van der Waals surface area (Å²) in [5.41, 5.74) is 2.45. The summed E-state index contributed by atoms with van der Waals surface area (Å²) in [6, 6.07) is 10.6. The Morgan fingerprint density at radius 3 is 3.00 bits per heavy atom.